The first-order valence-electron chi connectivity index (χ1n) is 10.8. The van der Waals surface area contributed by atoms with E-state index in [-0.39, 0.29) is 5.54 Å². The minimum Gasteiger partial charge on any atom is -0.467 e. The number of aromatic amines is 1. The van der Waals surface area contributed by atoms with E-state index < -0.39 is 23.7 Å². The molecule has 2 aromatic rings. The Labute approximate surface area is 175 Å². The van der Waals surface area contributed by atoms with Crippen LogP contribution in [0.15, 0.2) is 30.5 Å². The fraction of sp³-hybridized carbons (Fsp3) is 0.565. The quantitative estimate of drug-likeness (QED) is 0.656. The molecule has 3 atom stereocenters. The van der Waals surface area contributed by atoms with E-state index in [4.69, 9.17) is 15.2 Å². The van der Waals surface area contributed by atoms with Gasteiger partial charge in [-0.3, -0.25) is 0 Å². The van der Waals surface area contributed by atoms with Gasteiger partial charge in [0.05, 0.1) is 7.11 Å². The van der Waals surface area contributed by atoms with E-state index in [9.17, 15) is 9.59 Å². The van der Waals surface area contributed by atoms with Gasteiger partial charge in [0.1, 0.15) is 11.6 Å². The van der Waals surface area contributed by atoms with Crippen LogP contribution >= 0.6 is 0 Å². The Hall–Kier alpha value is -2.54. The summed E-state index contributed by atoms with van der Waals surface area (Å²) in [5, 5.41) is 3.79. The van der Waals surface area contributed by atoms with E-state index in [0.717, 1.165) is 42.1 Å². The van der Waals surface area contributed by atoms with Crippen LogP contribution in [0, 0.1) is 11.8 Å². The molecule has 4 N–H and O–H groups in total. The summed E-state index contributed by atoms with van der Waals surface area (Å²) in [6, 6.07) is 7.05. The van der Waals surface area contributed by atoms with Crippen molar-refractivity contribution < 1.29 is 19.1 Å². The molecule has 30 heavy (non-hydrogen) atoms. The van der Waals surface area contributed by atoms with E-state index in [0.29, 0.717) is 24.7 Å². The van der Waals surface area contributed by atoms with Crippen LogP contribution in [0.3, 0.4) is 0 Å². The molecule has 1 heterocycles. The number of benzene rings is 1. The minimum atomic E-state index is -0.817. The van der Waals surface area contributed by atoms with Crippen LogP contribution in [-0.2, 0) is 20.7 Å². The summed E-state index contributed by atoms with van der Waals surface area (Å²) in [4.78, 5) is 28.5. The summed E-state index contributed by atoms with van der Waals surface area (Å²) in [6.45, 7) is 0. The summed E-state index contributed by atoms with van der Waals surface area (Å²) in [7, 11) is 1.33. The highest BCUT2D eigenvalue weighted by molar-refractivity contribution is 5.86. The lowest BCUT2D eigenvalue weighted by Gasteiger charge is -2.59. The molecule has 1 aromatic carbocycles. The van der Waals surface area contributed by atoms with Crippen LogP contribution in [0.1, 0.15) is 44.1 Å². The molecule has 4 aliphatic rings. The molecule has 0 saturated heterocycles. The van der Waals surface area contributed by atoms with Gasteiger partial charge in [-0.05, 0) is 55.6 Å². The molecule has 1 amide bonds. The molecule has 4 aliphatic carbocycles. The molecule has 0 spiro atoms. The maximum atomic E-state index is 12.9. The molecule has 0 radical (unpaired) electrons. The molecule has 4 fully saturated rings. The largest absolute Gasteiger partial charge is 0.467 e. The van der Waals surface area contributed by atoms with E-state index in [2.05, 4.69) is 10.3 Å². The van der Waals surface area contributed by atoms with Crippen molar-refractivity contribution in [1.82, 2.24) is 10.3 Å². The number of esters is 1. The van der Waals surface area contributed by atoms with E-state index >= 15 is 0 Å². The summed E-state index contributed by atoms with van der Waals surface area (Å²) in [5.74, 6) is 0.580. The van der Waals surface area contributed by atoms with Gasteiger partial charge in [-0.25, -0.2) is 9.59 Å². The molecule has 0 aliphatic heterocycles. The van der Waals surface area contributed by atoms with E-state index in [1.54, 1.807) is 0 Å². The Balaban J connectivity index is 1.30. The van der Waals surface area contributed by atoms with Gasteiger partial charge in [0.2, 0.25) is 0 Å². The third-order valence-electron chi connectivity index (χ3n) is 7.24. The number of hydrogen-bond acceptors (Lipinski definition) is 5. The Morgan fingerprint density at radius 3 is 2.67 bits per heavy atom. The minimum absolute atomic E-state index is 0.212. The first-order valence-corrected chi connectivity index (χ1v) is 10.8. The molecule has 6 rings (SSSR count). The lowest BCUT2D eigenvalue weighted by molar-refractivity contribution is -0.146. The number of carbonyl (C=O) groups is 2. The number of para-hydroxylation sites is 1. The van der Waals surface area contributed by atoms with Crippen molar-refractivity contribution in [3.63, 3.8) is 0 Å². The van der Waals surface area contributed by atoms with Gasteiger partial charge in [0, 0.05) is 35.5 Å². The second-order valence-corrected chi connectivity index (χ2v) is 9.68. The predicted molar refractivity (Wildman–Crippen MR) is 112 cm³/mol. The van der Waals surface area contributed by atoms with Crippen LogP contribution in [-0.4, -0.2) is 41.3 Å². The van der Waals surface area contributed by atoms with Crippen molar-refractivity contribution in [3.05, 3.63) is 36.0 Å². The average Bonchev–Trinajstić information content (AvgIpc) is 3.07. The number of carbonyl (C=O) groups excluding carboxylic acids is 2. The second-order valence-electron chi connectivity index (χ2n) is 9.68. The summed E-state index contributed by atoms with van der Waals surface area (Å²) in [5.41, 5.74) is 7.83. The van der Waals surface area contributed by atoms with Crippen LogP contribution in [0.2, 0.25) is 0 Å². The number of amides is 1. The molecule has 160 valence electrons. The zero-order chi connectivity index (χ0) is 20.9. The topological polar surface area (TPSA) is 106 Å². The molecular formula is C23H29N3O4. The van der Waals surface area contributed by atoms with Gasteiger partial charge < -0.3 is 25.5 Å². The number of fused-ring (bicyclic) bond motifs is 1. The maximum absolute atomic E-state index is 12.9. The Morgan fingerprint density at radius 2 is 1.97 bits per heavy atom. The third kappa shape index (κ3) is 3.45. The molecular weight excluding hydrogens is 382 g/mol. The highest BCUT2D eigenvalue weighted by Gasteiger charge is 2.58. The number of aromatic nitrogens is 1. The van der Waals surface area contributed by atoms with Crippen LogP contribution < -0.4 is 11.1 Å². The van der Waals surface area contributed by atoms with Gasteiger partial charge in [-0.1, -0.05) is 18.2 Å². The monoisotopic (exact) mass is 411 g/mol. The summed E-state index contributed by atoms with van der Waals surface area (Å²) in [6.07, 6.45) is 7.35. The van der Waals surface area contributed by atoms with Crippen molar-refractivity contribution in [3.8, 4) is 0 Å². The number of methoxy groups -OCH3 is 1. The van der Waals surface area contributed by atoms with Gasteiger partial charge in [-0.2, -0.15) is 0 Å². The SMILES string of the molecule is COC(=O)[C@H](Cc1c[nH]c2ccccc12)NC(=O)OC12CC3CC(CC(N)(C3)C1)C2. The highest BCUT2D eigenvalue weighted by Crippen LogP contribution is 2.58. The Kier molecular flexibility index (Phi) is 4.54. The molecule has 4 saturated carbocycles. The Morgan fingerprint density at radius 1 is 1.23 bits per heavy atom. The lowest BCUT2D eigenvalue weighted by Crippen LogP contribution is -2.64. The fourth-order valence-electron chi connectivity index (χ4n) is 6.59. The standard InChI is InChI=1S/C23H29N3O4/c1-29-20(27)19(7-16-12-25-18-5-3-2-4-17(16)18)26-21(28)30-23-10-14-6-15(11-23)9-22(24,8-14)13-23/h2-5,12,14-15,19,25H,6-11,13,24H2,1H3,(H,26,28)/t14?,15?,19-,22?,23?/m0/s1. The first kappa shape index (κ1) is 19.4. The number of nitrogens with one attached hydrogen (secondary N) is 2. The Bertz CT molecular complexity index is 970. The maximum Gasteiger partial charge on any atom is 0.408 e. The highest BCUT2D eigenvalue weighted by atomic mass is 16.6. The van der Waals surface area contributed by atoms with Gasteiger partial charge in [-0.15, -0.1) is 0 Å². The van der Waals surface area contributed by atoms with Crippen molar-refractivity contribution in [1.29, 1.82) is 0 Å². The normalized spacial score (nSPS) is 32.7. The van der Waals surface area contributed by atoms with Gasteiger partial charge in [0.15, 0.2) is 0 Å². The smallest absolute Gasteiger partial charge is 0.408 e. The molecule has 1 aromatic heterocycles. The fourth-order valence-corrected chi connectivity index (χ4v) is 6.59. The summed E-state index contributed by atoms with van der Waals surface area (Å²) < 4.78 is 10.9. The third-order valence-corrected chi connectivity index (χ3v) is 7.24. The van der Waals surface area contributed by atoms with E-state index in [1.165, 1.54) is 13.5 Å². The van der Waals surface area contributed by atoms with Crippen molar-refractivity contribution in [2.45, 2.75) is 62.1 Å². The van der Waals surface area contributed by atoms with Crippen molar-refractivity contribution in [2.75, 3.05) is 7.11 Å². The average molecular weight is 412 g/mol. The van der Waals surface area contributed by atoms with Crippen molar-refractivity contribution >= 4 is 23.0 Å². The van der Waals surface area contributed by atoms with Crippen LogP contribution in [0.5, 0.6) is 0 Å². The molecule has 4 bridgehead atoms. The van der Waals surface area contributed by atoms with Crippen LogP contribution in [0.4, 0.5) is 4.79 Å². The molecule has 7 nitrogen and oxygen atoms in total. The number of H-pyrrole nitrogens is 1. The number of hydrogen-bond donors (Lipinski definition) is 3. The molecule has 2 unspecified atom stereocenters. The van der Waals surface area contributed by atoms with Gasteiger partial charge >= 0.3 is 12.1 Å². The number of nitrogens with two attached hydrogens (primary N) is 1. The number of ether oxygens (including phenoxy) is 2. The second kappa shape index (κ2) is 7.01. The lowest BCUT2D eigenvalue weighted by atomic mass is 9.51. The number of alkyl carbamates (subject to hydrolysis) is 1. The summed E-state index contributed by atoms with van der Waals surface area (Å²) >= 11 is 0. The van der Waals surface area contributed by atoms with Crippen LogP contribution in [0.25, 0.3) is 10.9 Å². The zero-order valence-electron chi connectivity index (χ0n) is 17.3. The van der Waals surface area contributed by atoms with Gasteiger partial charge in [0.25, 0.3) is 0 Å². The van der Waals surface area contributed by atoms with E-state index in [1.807, 2.05) is 30.5 Å². The predicted octanol–water partition coefficient (Wildman–Crippen LogP) is 3.03. The molecule has 7 heteroatoms. The zero-order valence-corrected chi connectivity index (χ0v) is 17.3. The van der Waals surface area contributed by atoms with Crippen molar-refractivity contribution in [2.24, 2.45) is 17.6 Å². The first-order chi connectivity index (χ1) is 14.4. The number of rotatable bonds is 5.